The Morgan fingerprint density at radius 1 is 0.875 bits per heavy atom. The predicted molar refractivity (Wildman–Crippen MR) is 126 cm³/mol. The molecule has 0 unspecified atom stereocenters. The Morgan fingerprint density at radius 2 is 1.69 bits per heavy atom. The zero-order valence-electron chi connectivity index (χ0n) is 16.5. The maximum atomic E-state index is 14.0. The van der Waals surface area contributed by atoms with E-state index in [2.05, 4.69) is 15.3 Å². The van der Waals surface area contributed by atoms with Crippen LogP contribution < -0.4 is 10.9 Å². The minimum Gasteiger partial charge on any atom is -0.422 e. The fraction of sp³-hybridized carbons (Fsp3) is 0. The van der Waals surface area contributed by atoms with Gasteiger partial charge in [0.15, 0.2) is 0 Å². The van der Waals surface area contributed by atoms with Crippen LogP contribution in [0.15, 0.2) is 87.4 Å². The first-order valence-electron chi connectivity index (χ1n) is 9.89. The molecule has 0 aliphatic heterocycles. The first-order chi connectivity index (χ1) is 15.7. The van der Waals surface area contributed by atoms with Crippen LogP contribution in [0, 0.1) is 5.82 Å². The second-order valence-electron chi connectivity index (χ2n) is 7.31. The fourth-order valence-corrected chi connectivity index (χ4v) is 4.55. The average Bonchev–Trinajstić information content (AvgIpc) is 3.27. The highest BCUT2D eigenvalue weighted by molar-refractivity contribution is 7.13. The lowest BCUT2D eigenvalue weighted by atomic mass is 10.1. The molecule has 3 aromatic carbocycles. The molecule has 0 saturated carbocycles. The molecule has 7 heteroatoms. The van der Waals surface area contributed by atoms with Crippen molar-refractivity contribution in [1.82, 2.24) is 9.97 Å². The number of fused-ring (bicyclic) bond motifs is 3. The second kappa shape index (κ2) is 7.25. The van der Waals surface area contributed by atoms with Gasteiger partial charge >= 0.3 is 5.63 Å². The Morgan fingerprint density at radius 3 is 2.62 bits per heavy atom. The van der Waals surface area contributed by atoms with E-state index in [1.807, 2.05) is 47.8 Å². The summed E-state index contributed by atoms with van der Waals surface area (Å²) in [6.07, 6.45) is 0. The van der Waals surface area contributed by atoms with Crippen molar-refractivity contribution in [2.45, 2.75) is 0 Å². The smallest absolute Gasteiger partial charge is 0.346 e. The second-order valence-corrected chi connectivity index (χ2v) is 8.17. The van der Waals surface area contributed by atoms with Crippen LogP contribution in [0.2, 0.25) is 0 Å². The number of benzene rings is 3. The van der Waals surface area contributed by atoms with Gasteiger partial charge in [-0.2, -0.15) is 0 Å². The average molecular weight is 439 g/mol. The molecule has 1 N–H and O–H groups in total. The summed E-state index contributed by atoms with van der Waals surface area (Å²) in [6, 6.07) is 21.3. The van der Waals surface area contributed by atoms with Crippen molar-refractivity contribution in [2.75, 3.05) is 5.32 Å². The lowest BCUT2D eigenvalue weighted by molar-refractivity contribution is 0.563. The maximum absolute atomic E-state index is 14.0. The predicted octanol–water partition coefficient (Wildman–Crippen LogP) is 6.50. The summed E-state index contributed by atoms with van der Waals surface area (Å²) in [7, 11) is 0. The Hall–Kier alpha value is -4.10. The van der Waals surface area contributed by atoms with Crippen LogP contribution in [0.3, 0.4) is 0 Å². The van der Waals surface area contributed by atoms with Gasteiger partial charge in [0.2, 0.25) is 0 Å². The van der Waals surface area contributed by atoms with Crippen LogP contribution in [-0.4, -0.2) is 9.97 Å². The minimum atomic E-state index is -0.438. The van der Waals surface area contributed by atoms with E-state index in [4.69, 9.17) is 4.42 Å². The van der Waals surface area contributed by atoms with Crippen molar-refractivity contribution in [3.8, 4) is 10.6 Å². The van der Waals surface area contributed by atoms with E-state index in [1.54, 1.807) is 18.2 Å². The summed E-state index contributed by atoms with van der Waals surface area (Å²) in [5.41, 5.74) is 2.68. The Kier molecular flexibility index (Phi) is 4.22. The number of nitrogens with one attached hydrogen (secondary N) is 1. The Balaban J connectivity index is 1.48. The lowest BCUT2D eigenvalue weighted by Crippen LogP contribution is -2.02. The molecule has 6 rings (SSSR count). The molecule has 3 aromatic heterocycles. The number of nitrogens with zero attached hydrogens (tertiary/aromatic N) is 2. The molecule has 0 radical (unpaired) electrons. The number of hydrogen-bond acceptors (Lipinski definition) is 6. The molecule has 5 nitrogen and oxygen atoms in total. The monoisotopic (exact) mass is 439 g/mol. The van der Waals surface area contributed by atoms with Gasteiger partial charge in [-0.25, -0.2) is 19.2 Å². The molecule has 0 fully saturated rings. The minimum absolute atomic E-state index is 0.342. The van der Waals surface area contributed by atoms with E-state index in [9.17, 15) is 9.18 Å². The highest BCUT2D eigenvalue weighted by Crippen LogP contribution is 2.35. The number of anilines is 2. The van der Waals surface area contributed by atoms with Gasteiger partial charge in [0.1, 0.15) is 22.2 Å². The SMILES string of the molecule is O=c1oc2ccccc2cc1-c1nc(Nc2c3ccccc3nc3ccc(F)cc23)cs1. The molecule has 3 heterocycles. The fourth-order valence-electron chi connectivity index (χ4n) is 3.79. The van der Waals surface area contributed by atoms with Crippen molar-refractivity contribution < 1.29 is 8.81 Å². The third-order valence-corrected chi connectivity index (χ3v) is 6.15. The van der Waals surface area contributed by atoms with Crippen molar-refractivity contribution in [2.24, 2.45) is 0 Å². The number of aromatic nitrogens is 2. The van der Waals surface area contributed by atoms with E-state index < -0.39 is 5.63 Å². The van der Waals surface area contributed by atoms with Gasteiger partial charge in [0, 0.05) is 21.5 Å². The number of rotatable bonds is 3. The summed E-state index contributed by atoms with van der Waals surface area (Å²) in [5, 5.41) is 8.03. The first-order valence-corrected chi connectivity index (χ1v) is 10.8. The van der Waals surface area contributed by atoms with E-state index in [-0.39, 0.29) is 5.82 Å². The van der Waals surface area contributed by atoms with Gasteiger partial charge in [0.25, 0.3) is 0 Å². The number of hydrogen-bond donors (Lipinski definition) is 1. The third-order valence-electron chi connectivity index (χ3n) is 5.27. The normalized spacial score (nSPS) is 11.4. The molecular weight excluding hydrogens is 425 g/mol. The van der Waals surface area contributed by atoms with Crippen LogP contribution in [0.1, 0.15) is 0 Å². The Bertz CT molecular complexity index is 1710. The van der Waals surface area contributed by atoms with Crippen molar-refractivity contribution >= 4 is 55.6 Å². The van der Waals surface area contributed by atoms with E-state index in [0.29, 0.717) is 38.6 Å². The standard InChI is InChI=1S/C25H14FN3O2S/c26-15-9-10-20-17(12-15)23(16-6-2-3-7-19(16)27-20)28-22-13-32-24(29-22)18-11-14-5-1-4-8-21(14)31-25(18)30/h1-13H,(H,27,28). The molecule has 0 aliphatic rings. The van der Waals surface area contributed by atoms with Crippen molar-refractivity contribution in [3.63, 3.8) is 0 Å². The molecule has 0 spiro atoms. The largest absolute Gasteiger partial charge is 0.422 e. The van der Waals surface area contributed by atoms with Crippen molar-refractivity contribution in [1.29, 1.82) is 0 Å². The van der Waals surface area contributed by atoms with Crippen molar-refractivity contribution in [3.05, 3.63) is 94.4 Å². The third kappa shape index (κ3) is 3.11. The molecule has 0 saturated heterocycles. The van der Waals surface area contributed by atoms with Gasteiger partial charge in [-0.05, 0) is 36.4 Å². The zero-order valence-corrected chi connectivity index (χ0v) is 17.3. The van der Waals surface area contributed by atoms with Crippen LogP contribution in [0.25, 0.3) is 43.3 Å². The van der Waals surface area contributed by atoms with Crippen LogP contribution in [0.5, 0.6) is 0 Å². The van der Waals surface area contributed by atoms with E-state index in [1.165, 1.54) is 23.5 Å². The maximum Gasteiger partial charge on any atom is 0.346 e. The highest BCUT2D eigenvalue weighted by atomic mass is 32.1. The molecule has 6 aromatic rings. The summed E-state index contributed by atoms with van der Waals surface area (Å²) in [4.78, 5) is 21.8. The van der Waals surface area contributed by atoms with Gasteiger partial charge in [-0.15, -0.1) is 11.3 Å². The first kappa shape index (κ1) is 18.7. The van der Waals surface area contributed by atoms with E-state index in [0.717, 1.165) is 16.3 Å². The molecule has 0 amide bonds. The topological polar surface area (TPSA) is 68.0 Å². The Labute approximate surface area is 184 Å². The molecule has 0 aliphatic carbocycles. The van der Waals surface area contributed by atoms with Gasteiger partial charge in [-0.1, -0.05) is 36.4 Å². The number of pyridine rings is 1. The summed E-state index contributed by atoms with van der Waals surface area (Å²) in [6.45, 7) is 0. The summed E-state index contributed by atoms with van der Waals surface area (Å²) >= 11 is 1.34. The lowest BCUT2D eigenvalue weighted by Gasteiger charge is -2.11. The number of para-hydroxylation sites is 2. The van der Waals surface area contributed by atoms with Crippen LogP contribution in [-0.2, 0) is 0 Å². The van der Waals surface area contributed by atoms with Gasteiger partial charge in [0.05, 0.1) is 22.3 Å². The quantitative estimate of drug-likeness (QED) is 0.252. The van der Waals surface area contributed by atoms with E-state index >= 15 is 0 Å². The summed E-state index contributed by atoms with van der Waals surface area (Å²) < 4.78 is 19.5. The number of halogens is 1. The van der Waals surface area contributed by atoms with Gasteiger partial charge < -0.3 is 9.73 Å². The molecule has 0 bridgehead atoms. The highest BCUT2D eigenvalue weighted by Gasteiger charge is 2.15. The zero-order chi connectivity index (χ0) is 21.7. The molecular formula is C25H14FN3O2S. The summed E-state index contributed by atoms with van der Waals surface area (Å²) in [5.74, 6) is 0.213. The van der Waals surface area contributed by atoms with Crippen LogP contribution in [0.4, 0.5) is 15.9 Å². The molecule has 0 atom stereocenters. The van der Waals surface area contributed by atoms with Crippen LogP contribution >= 0.6 is 11.3 Å². The molecule has 154 valence electrons. The number of thiazole rings is 1. The molecule has 32 heavy (non-hydrogen) atoms. The van der Waals surface area contributed by atoms with Gasteiger partial charge in [-0.3, -0.25) is 0 Å².